The highest BCUT2D eigenvalue weighted by Gasteiger charge is 2.24. The summed E-state index contributed by atoms with van der Waals surface area (Å²) in [6.45, 7) is 2.38. The van der Waals surface area contributed by atoms with E-state index in [9.17, 15) is 4.79 Å². The predicted molar refractivity (Wildman–Crippen MR) is 47.5 cm³/mol. The lowest BCUT2D eigenvalue weighted by atomic mass is 10.1. The van der Waals surface area contributed by atoms with Crippen molar-refractivity contribution in [3.8, 4) is 0 Å². The van der Waals surface area contributed by atoms with E-state index in [1.165, 1.54) is 0 Å². The van der Waals surface area contributed by atoms with Crippen LogP contribution in [0.5, 0.6) is 0 Å². The molecule has 0 aromatic heterocycles. The fourth-order valence-electron chi connectivity index (χ4n) is 1.23. The van der Waals surface area contributed by atoms with Crippen LogP contribution in [0.2, 0.25) is 0 Å². The number of likely N-dealkylation sites (tertiary alicyclic amines) is 1. The first-order valence-corrected chi connectivity index (χ1v) is 4.50. The summed E-state index contributed by atoms with van der Waals surface area (Å²) in [4.78, 5) is 13.2. The number of carbonyl (C=O) groups is 1. The van der Waals surface area contributed by atoms with Crippen molar-refractivity contribution in [3.05, 3.63) is 0 Å². The molecule has 1 aliphatic heterocycles. The Morgan fingerprint density at radius 2 is 2.17 bits per heavy atom. The van der Waals surface area contributed by atoms with Crippen molar-refractivity contribution < 1.29 is 4.79 Å². The van der Waals surface area contributed by atoms with Gasteiger partial charge in [0, 0.05) is 13.1 Å². The zero-order chi connectivity index (χ0) is 8.97. The number of nitrogens with zero attached hydrogens (tertiary/aromatic N) is 1. The minimum atomic E-state index is -0.325. The van der Waals surface area contributed by atoms with Crippen molar-refractivity contribution in [2.45, 2.75) is 25.3 Å². The lowest BCUT2D eigenvalue weighted by molar-refractivity contribution is -0.136. The smallest absolute Gasteiger partial charge is 0.239 e. The summed E-state index contributed by atoms with van der Waals surface area (Å²) in [7, 11) is 0. The SMILES string of the molecule is NCCC[C@H](N)C(=O)N1CCC1. The molecule has 0 aromatic rings. The Hall–Kier alpha value is -0.610. The van der Waals surface area contributed by atoms with E-state index >= 15 is 0 Å². The van der Waals surface area contributed by atoms with Gasteiger partial charge in [-0.05, 0) is 25.8 Å². The highest BCUT2D eigenvalue weighted by Crippen LogP contribution is 2.08. The third-order valence-corrected chi connectivity index (χ3v) is 2.20. The predicted octanol–water partition coefficient (Wildman–Crippen LogP) is -0.715. The molecule has 1 heterocycles. The second-order valence-electron chi connectivity index (χ2n) is 3.22. The van der Waals surface area contributed by atoms with E-state index in [-0.39, 0.29) is 11.9 Å². The number of rotatable bonds is 4. The van der Waals surface area contributed by atoms with E-state index in [1.807, 2.05) is 0 Å². The van der Waals surface area contributed by atoms with Gasteiger partial charge in [0.2, 0.25) is 5.91 Å². The average molecular weight is 171 g/mol. The van der Waals surface area contributed by atoms with Gasteiger partial charge in [-0.25, -0.2) is 0 Å². The van der Waals surface area contributed by atoms with Crippen molar-refractivity contribution in [2.75, 3.05) is 19.6 Å². The summed E-state index contributed by atoms with van der Waals surface area (Å²) in [5.41, 5.74) is 11.0. The Kier molecular flexibility index (Phi) is 3.49. The van der Waals surface area contributed by atoms with E-state index in [0.717, 1.165) is 25.9 Å². The summed E-state index contributed by atoms with van der Waals surface area (Å²) >= 11 is 0. The van der Waals surface area contributed by atoms with E-state index in [2.05, 4.69) is 0 Å². The Morgan fingerprint density at radius 3 is 2.58 bits per heavy atom. The lowest BCUT2D eigenvalue weighted by Crippen LogP contribution is -2.50. The molecular formula is C8H17N3O. The van der Waals surface area contributed by atoms with Crippen molar-refractivity contribution in [1.82, 2.24) is 4.90 Å². The zero-order valence-electron chi connectivity index (χ0n) is 7.33. The van der Waals surface area contributed by atoms with Crippen LogP contribution in [0.4, 0.5) is 0 Å². The minimum Gasteiger partial charge on any atom is -0.341 e. The maximum absolute atomic E-state index is 11.4. The van der Waals surface area contributed by atoms with Crippen molar-refractivity contribution in [2.24, 2.45) is 11.5 Å². The molecule has 0 unspecified atom stereocenters. The second-order valence-corrected chi connectivity index (χ2v) is 3.22. The second kappa shape index (κ2) is 4.42. The van der Waals surface area contributed by atoms with E-state index in [4.69, 9.17) is 11.5 Å². The standard InChI is InChI=1S/C8H17N3O/c9-4-1-3-7(10)8(12)11-5-2-6-11/h7H,1-6,9-10H2/t7-/m0/s1. The molecule has 0 aliphatic carbocycles. The van der Waals surface area contributed by atoms with Crippen LogP contribution in [0.1, 0.15) is 19.3 Å². The van der Waals surface area contributed by atoms with E-state index in [0.29, 0.717) is 13.0 Å². The molecule has 4 N–H and O–H groups in total. The third-order valence-electron chi connectivity index (χ3n) is 2.20. The molecule has 1 rings (SSSR count). The van der Waals surface area contributed by atoms with Gasteiger partial charge in [0.25, 0.3) is 0 Å². The normalized spacial score (nSPS) is 18.7. The molecule has 1 fully saturated rings. The van der Waals surface area contributed by atoms with Crippen molar-refractivity contribution in [1.29, 1.82) is 0 Å². The first-order valence-electron chi connectivity index (χ1n) is 4.50. The van der Waals surface area contributed by atoms with Gasteiger partial charge in [-0.3, -0.25) is 4.79 Å². The van der Waals surface area contributed by atoms with E-state index in [1.54, 1.807) is 4.90 Å². The Bertz CT molecular complexity index is 156. The van der Waals surface area contributed by atoms with Crippen LogP contribution in [0, 0.1) is 0 Å². The van der Waals surface area contributed by atoms with Crippen LogP contribution >= 0.6 is 0 Å². The van der Waals surface area contributed by atoms with Gasteiger partial charge in [-0.15, -0.1) is 0 Å². The van der Waals surface area contributed by atoms with Crippen LogP contribution in [0.15, 0.2) is 0 Å². The third kappa shape index (κ3) is 2.19. The Balaban J connectivity index is 2.20. The largest absolute Gasteiger partial charge is 0.341 e. The summed E-state index contributed by atoms with van der Waals surface area (Å²) in [6, 6.07) is -0.325. The van der Waals surface area contributed by atoms with Crippen LogP contribution < -0.4 is 11.5 Å². The lowest BCUT2D eigenvalue weighted by Gasteiger charge is -2.33. The summed E-state index contributed by atoms with van der Waals surface area (Å²) in [5, 5.41) is 0. The molecular weight excluding hydrogens is 154 g/mol. The van der Waals surface area contributed by atoms with E-state index < -0.39 is 0 Å². The van der Waals surface area contributed by atoms with Crippen molar-refractivity contribution in [3.63, 3.8) is 0 Å². The topological polar surface area (TPSA) is 72.3 Å². The fourth-order valence-corrected chi connectivity index (χ4v) is 1.23. The minimum absolute atomic E-state index is 0.0923. The molecule has 4 heteroatoms. The van der Waals surface area contributed by atoms with Crippen LogP contribution in [-0.2, 0) is 4.79 Å². The number of hydrogen-bond acceptors (Lipinski definition) is 3. The molecule has 70 valence electrons. The zero-order valence-corrected chi connectivity index (χ0v) is 7.33. The highest BCUT2D eigenvalue weighted by molar-refractivity contribution is 5.82. The number of amides is 1. The van der Waals surface area contributed by atoms with Crippen molar-refractivity contribution >= 4 is 5.91 Å². The molecule has 12 heavy (non-hydrogen) atoms. The van der Waals surface area contributed by atoms with Gasteiger partial charge in [-0.2, -0.15) is 0 Å². The quantitative estimate of drug-likeness (QED) is 0.586. The van der Waals surface area contributed by atoms with Crippen LogP contribution in [0.25, 0.3) is 0 Å². The first kappa shape index (κ1) is 9.48. The molecule has 1 aliphatic rings. The summed E-state index contributed by atoms with van der Waals surface area (Å²) in [5.74, 6) is 0.0923. The van der Waals surface area contributed by atoms with Gasteiger partial charge in [-0.1, -0.05) is 0 Å². The first-order chi connectivity index (χ1) is 5.75. The highest BCUT2D eigenvalue weighted by atomic mass is 16.2. The Labute approximate surface area is 72.9 Å². The molecule has 1 saturated heterocycles. The molecule has 0 aromatic carbocycles. The van der Waals surface area contributed by atoms with Gasteiger partial charge in [0.1, 0.15) is 0 Å². The maximum atomic E-state index is 11.4. The molecule has 0 bridgehead atoms. The Morgan fingerprint density at radius 1 is 1.50 bits per heavy atom. The molecule has 1 amide bonds. The molecule has 0 spiro atoms. The molecule has 0 radical (unpaired) electrons. The van der Waals surface area contributed by atoms with Gasteiger partial charge < -0.3 is 16.4 Å². The number of hydrogen-bond donors (Lipinski definition) is 2. The summed E-state index contributed by atoms with van der Waals surface area (Å²) < 4.78 is 0. The average Bonchev–Trinajstić information content (AvgIpc) is 1.96. The van der Waals surface area contributed by atoms with Crippen LogP contribution in [0.3, 0.4) is 0 Å². The number of nitrogens with two attached hydrogens (primary N) is 2. The maximum Gasteiger partial charge on any atom is 0.239 e. The monoisotopic (exact) mass is 171 g/mol. The molecule has 0 saturated carbocycles. The molecule has 1 atom stereocenters. The summed E-state index contributed by atoms with van der Waals surface area (Å²) in [6.07, 6.45) is 2.67. The number of carbonyl (C=O) groups excluding carboxylic acids is 1. The van der Waals surface area contributed by atoms with Gasteiger partial charge >= 0.3 is 0 Å². The van der Waals surface area contributed by atoms with Crippen LogP contribution in [-0.4, -0.2) is 36.5 Å². The van der Waals surface area contributed by atoms with Gasteiger partial charge in [0.15, 0.2) is 0 Å². The fraction of sp³-hybridized carbons (Fsp3) is 0.875. The van der Waals surface area contributed by atoms with Gasteiger partial charge in [0.05, 0.1) is 6.04 Å². The molecule has 4 nitrogen and oxygen atoms in total.